The van der Waals surface area contributed by atoms with Crippen LogP contribution >= 0.6 is 23.1 Å². The molecule has 2 atom stereocenters. The van der Waals surface area contributed by atoms with E-state index in [4.69, 9.17) is 4.74 Å². The molecule has 0 aliphatic carbocycles. The molecule has 12 heteroatoms. The molecule has 2 N–H and O–H groups in total. The van der Waals surface area contributed by atoms with Crippen LogP contribution in [0, 0.1) is 11.7 Å². The van der Waals surface area contributed by atoms with Gasteiger partial charge in [0.15, 0.2) is 4.34 Å². The Hall–Kier alpha value is -2.57. The van der Waals surface area contributed by atoms with Crippen LogP contribution in [0.2, 0.25) is 0 Å². The zero-order valence-electron chi connectivity index (χ0n) is 17.1. The van der Waals surface area contributed by atoms with Crippen molar-refractivity contribution in [3.8, 4) is 0 Å². The highest BCUT2D eigenvalue weighted by atomic mass is 32.2. The van der Waals surface area contributed by atoms with E-state index in [9.17, 15) is 18.8 Å². The highest BCUT2D eigenvalue weighted by Crippen LogP contribution is 2.28. The lowest BCUT2D eigenvalue weighted by Crippen LogP contribution is -2.32. The summed E-state index contributed by atoms with van der Waals surface area (Å²) >= 11 is 2.41. The molecule has 32 heavy (non-hydrogen) atoms. The van der Waals surface area contributed by atoms with Gasteiger partial charge in [0.1, 0.15) is 5.82 Å². The average molecular weight is 480 g/mol. The van der Waals surface area contributed by atoms with Crippen molar-refractivity contribution < 1.29 is 23.5 Å². The fraction of sp³-hybridized carbons (Fsp3) is 0.450. The number of thioether (sulfide) groups is 1. The first-order chi connectivity index (χ1) is 15.5. The van der Waals surface area contributed by atoms with Crippen molar-refractivity contribution in [2.75, 3.05) is 35.7 Å². The van der Waals surface area contributed by atoms with E-state index in [0.29, 0.717) is 21.7 Å². The summed E-state index contributed by atoms with van der Waals surface area (Å²) in [6, 6.07) is 5.58. The second kappa shape index (κ2) is 10.4. The summed E-state index contributed by atoms with van der Waals surface area (Å²) in [5.74, 6) is -1.38. The Morgan fingerprint density at radius 3 is 2.84 bits per heavy atom. The number of amides is 3. The first-order valence-electron chi connectivity index (χ1n) is 10.2. The van der Waals surface area contributed by atoms with Crippen molar-refractivity contribution in [3.63, 3.8) is 0 Å². The summed E-state index contributed by atoms with van der Waals surface area (Å²) in [4.78, 5) is 38.3. The van der Waals surface area contributed by atoms with E-state index in [0.717, 1.165) is 19.4 Å². The molecular weight excluding hydrogens is 457 g/mol. The van der Waals surface area contributed by atoms with Gasteiger partial charge in [-0.25, -0.2) is 4.39 Å². The lowest BCUT2D eigenvalue weighted by Gasteiger charge is -2.16. The maximum Gasteiger partial charge on any atom is 0.231 e. The zero-order valence-corrected chi connectivity index (χ0v) is 18.7. The van der Waals surface area contributed by atoms with Crippen LogP contribution in [-0.2, 0) is 19.1 Å². The first kappa shape index (κ1) is 22.6. The van der Waals surface area contributed by atoms with Gasteiger partial charge >= 0.3 is 0 Å². The summed E-state index contributed by atoms with van der Waals surface area (Å²) in [5.41, 5.74) is 0.555. The summed E-state index contributed by atoms with van der Waals surface area (Å²) < 4.78 is 19.1. The molecule has 2 saturated heterocycles. The van der Waals surface area contributed by atoms with Gasteiger partial charge in [-0.2, -0.15) is 0 Å². The van der Waals surface area contributed by atoms with E-state index in [1.807, 2.05) is 0 Å². The predicted molar refractivity (Wildman–Crippen MR) is 118 cm³/mol. The number of hydrogen-bond acceptors (Lipinski definition) is 8. The van der Waals surface area contributed by atoms with Crippen molar-refractivity contribution in [2.45, 2.75) is 29.7 Å². The van der Waals surface area contributed by atoms with Crippen LogP contribution in [0.4, 0.5) is 15.2 Å². The Labute approximate surface area is 192 Å². The van der Waals surface area contributed by atoms with Crippen LogP contribution in [-0.4, -0.2) is 59.5 Å². The molecular formula is C20H22FN5O4S2. The Kier molecular flexibility index (Phi) is 7.33. The van der Waals surface area contributed by atoms with Crippen LogP contribution in [0.15, 0.2) is 28.6 Å². The molecule has 0 radical (unpaired) electrons. The Morgan fingerprint density at radius 1 is 1.28 bits per heavy atom. The minimum Gasteiger partial charge on any atom is -0.376 e. The maximum atomic E-state index is 13.1. The van der Waals surface area contributed by atoms with E-state index < -0.39 is 5.92 Å². The van der Waals surface area contributed by atoms with Gasteiger partial charge in [0.2, 0.25) is 22.9 Å². The molecule has 2 aliphatic heterocycles. The Bertz CT molecular complexity index is 981. The molecule has 1 aromatic heterocycles. The van der Waals surface area contributed by atoms with Gasteiger partial charge in [-0.05, 0) is 37.1 Å². The zero-order chi connectivity index (χ0) is 22.5. The molecule has 0 saturated carbocycles. The van der Waals surface area contributed by atoms with Gasteiger partial charge in [0.05, 0.1) is 17.8 Å². The highest BCUT2D eigenvalue weighted by Gasteiger charge is 2.35. The molecule has 2 fully saturated rings. The monoisotopic (exact) mass is 479 g/mol. The SMILES string of the molecule is O=C(CSc1nnc(NC(=O)[C@@H]2CC(=O)N(c3ccc(F)cc3)C2)s1)NC[C@H]1CCCO1. The summed E-state index contributed by atoms with van der Waals surface area (Å²) in [5, 5.41) is 13.8. The Balaban J connectivity index is 1.23. The van der Waals surface area contributed by atoms with Crippen LogP contribution < -0.4 is 15.5 Å². The molecule has 2 aliphatic rings. The lowest BCUT2D eigenvalue weighted by molar-refractivity contribution is -0.122. The van der Waals surface area contributed by atoms with Crippen LogP contribution in [0.5, 0.6) is 0 Å². The van der Waals surface area contributed by atoms with E-state index in [1.54, 1.807) is 0 Å². The number of hydrogen-bond donors (Lipinski definition) is 2. The number of carbonyl (C=O) groups is 3. The fourth-order valence-electron chi connectivity index (χ4n) is 3.49. The Morgan fingerprint density at radius 2 is 2.09 bits per heavy atom. The van der Waals surface area contributed by atoms with Crippen molar-refractivity contribution in [1.29, 1.82) is 0 Å². The van der Waals surface area contributed by atoms with Crippen molar-refractivity contribution in [3.05, 3.63) is 30.1 Å². The molecule has 170 valence electrons. The number of ether oxygens (including phenoxy) is 1. The lowest BCUT2D eigenvalue weighted by atomic mass is 10.1. The quantitative estimate of drug-likeness (QED) is 0.440. The minimum atomic E-state index is -0.545. The van der Waals surface area contributed by atoms with E-state index in [2.05, 4.69) is 20.8 Å². The summed E-state index contributed by atoms with van der Waals surface area (Å²) in [6.45, 7) is 1.46. The van der Waals surface area contributed by atoms with Crippen LogP contribution in [0.3, 0.4) is 0 Å². The predicted octanol–water partition coefficient (Wildman–Crippen LogP) is 2.06. The topological polar surface area (TPSA) is 114 Å². The van der Waals surface area contributed by atoms with Gasteiger partial charge in [0.25, 0.3) is 0 Å². The molecule has 0 bridgehead atoms. The third kappa shape index (κ3) is 5.81. The second-order valence-electron chi connectivity index (χ2n) is 7.47. The second-order valence-corrected chi connectivity index (χ2v) is 9.67. The number of halogens is 1. The number of nitrogens with zero attached hydrogens (tertiary/aromatic N) is 3. The molecule has 3 amide bonds. The number of benzene rings is 1. The van der Waals surface area contributed by atoms with Gasteiger partial charge in [-0.3, -0.25) is 14.4 Å². The van der Waals surface area contributed by atoms with Crippen molar-refractivity contribution in [2.24, 2.45) is 5.92 Å². The smallest absolute Gasteiger partial charge is 0.231 e. The standard InChI is InChI=1S/C20H22FN5O4S2/c21-13-3-5-14(6-4-13)26-10-12(8-17(26)28)18(29)23-19-24-25-20(32-19)31-11-16(27)22-9-15-2-1-7-30-15/h3-6,12,15H,1-2,7-11H2,(H,22,27)(H,23,24,29)/t12-,15-/m1/s1. The van der Waals surface area contributed by atoms with Crippen LogP contribution in [0.1, 0.15) is 19.3 Å². The van der Waals surface area contributed by atoms with E-state index >= 15 is 0 Å². The number of nitrogens with one attached hydrogen (secondary N) is 2. The van der Waals surface area contributed by atoms with E-state index in [1.165, 1.54) is 52.3 Å². The molecule has 1 aromatic carbocycles. The van der Waals surface area contributed by atoms with Gasteiger partial charge in [-0.15, -0.1) is 10.2 Å². The van der Waals surface area contributed by atoms with Gasteiger partial charge in [0, 0.05) is 31.8 Å². The normalized spacial score (nSPS) is 20.5. The van der Waals surface area contributed by atoms with Gasteiger partial charge < -0.3 is 20.3 Å². The highest BCUT2D eigenvalue weighted by molar-refractivity contribution is 8.01. The number of carbonyl (C=O) groups excluding carboxylic acids is 3. The largest absolute Gasteiger partial charge is 0.376 e. The minimum absolute atomic E-state index is 0.0640. The van der Waals surface area contributed by atoms with E-state index in [-0.39, 0.29) is 48.4 Å². The molecule has 0 spiro atoms. The third-order valence-corrected chi connectivity index (χ3v) is 7.12. The fourth-order valence-corrected chi connectivity index (χ4v) is 5.08. The van der Waals surface area contributed by atoms with Gasteiger partial charge in [-0.1, -0.05) is 23.1 Å². The van der Waals surface area contributed by atoms with Crippen molar-refractivity contribution in [1.82, 2.24) is 15.5 Å². The van der Waals surface area contributed by atoms with Crippen LogP contribution in [0.25, 0.3) is 0 Å². The number of anilines is 2. The van der Waals surface area contributed by atoms with Crippen molar-refractivity contribution >= 4 is 51.6 Å². The molecule has 9 nitrogen and oxygen atoms in total. The maximum absolute atomic E-state index is 13.1. The average Bonchev–Trinajstić information content (AvgIpc) is 3.53. The molecule has 0 unspecified atom stereocenters. The molecule has 4 rings (SSSR count). The number of rotatable bonds is 8. The third-order valence-electron chi connectivity index (χ3n) is 5.15. The first-order valence-corrected chi connectivity index (χ1v) is 12.0. The summed E-state index contributed by atoms with van der Waals surface area (Å²) in [7, 11) is 0. The number of aromatic nitrogens is 2. The molecule has 3 heterocycles. The summed E-state index contributed by atoms with van der Waals surface area (Å²) in [6.07, 6.45) is 2.14. The molecule has 2 aromatic rings.